The van der Waals surface area contributed by atoms with Crippen LogP contribution in [0.1, 0.15) is 13.3 Å². The molecule has 0 spiro atoms. The van der Waals surface area contributed by atoms with Gasteiger partial charge in [-0.3, -0.25) is 0 Å². The molecule has 1 rings (SSSR count). The van der Waals surface area contributed by atoms with Gasteiger partial charge in [0.1, 0.15) is 5.75 Å². The smallest absolute Gasteiger partial charge is 0.261 e. The van der Waals surface area contributed by atoms with E-state index in [2.05, 4.69) is 31.9 Å². The lowest BCUT2D eigenvalue weighted by molar-refractivity contribution is 0.313. The number of hydrogen-bond acceptors (Lipinski definition) is 3. The minimum absolute atomic E-state index is 0.0248. The summed E-state index contributed by atoms with van der Waals surface area (Å²) in [4.78, 5) is 0.0248. The predicted molar refractivity (Wildman–Crippen MR) is 70.7 cm³/mol. The van der Waals surface area contributed by atoms with Gasteiger partial charge in [0.15, 0.2) is 0 Å². The van der Waals surface area contributed by atoms with E-state index in [1.165, 1.54) is 12.1 Å². The summed E-state index contributed by atoms with van der Waals surface area (Å²) in [5.74, 6) is 0.575. The number of hydrogen-bond donors (Lipinski definition) is 0. The van der Waals surface area contributed by atoms with E-state index in [4.69, 9.17) is 15.4 Å². The van der Waals surface area contributed by atoms with Gasteiger partial charge in [-0.2, -0.15) is 0 Å². The molecule has 1 aromatic carbocycles. The molecular formula is C9H9Br2ClO3S. The third-order valence-corrected chi connectivity index (χ3v) is 4.22. The van der Waals surface area contributed by atoms with Gasteiger partial charge in [-0.1, -0.05) is 6.92 Å². The van der Waals surface area contributed by atoms with Gasteiger partial charge >= 0.3 is 0 Å². The Morgan fingerprint density at radius 3 is 2.19 bits per heavy atom. The molecule has 0 saturated carbocycles. The molecule has 16 heavy (non-hydrogen) atoms. The second-order valence-electron chi connectivity index (χ2n) is 3.00. The summed E-state index contributed by atoms with van der Waals surface area (Å²) in [6, 6.07) is 2.83. The molecule has 1 aromatic rings. The Hall–Kier alpha value is 0.220. The number of rotatable bonds is 4. The zero-order valence-electron chi connectivity index (χ0n) is 8.34. The van der Waals surface area contributed by atoms with Crippen molar-refractivity contribution in [2.75, 3.05) is 6.61 Å². The SMILES string of the molecule is CCCOc1c(Br)cc(S(=O)(=O)Cl)cc1Br. The first-order chi connectivity index (χ1) is 7.36. The van der Waals surface area contributed by atoms with Gasteiger partial charge in [0, 0.05) is 10.7 Å². The van der Waals surface area contributed by atoms with Crippen LogP contribution >= 0.6 is 42.5 Å². The van der Waals surface area contributed by atoms with Crippen LogP contribution < -0.4 is 4.74 Å². The Morgan fingerprint density at radius 2 is 1.81 bits per heavy atom. The highest BCUT2D eigenvalue weighted by atomic mass is 79.9. The molecule has 0 radical (unpaired) electrons. The van der Waals surface area contributed by atoms with E-state index >= 15 is 0 Å². The van der Waals surface area contributed by atoms with Gasteiger partial charge in [-0.15, -0.1) is 0 Å². The quantitative estimate of drug-likeness (QED) is 0.730. The van der Waals surface area contributed by atoms with Crippen LogP contribution in [-0.4, -0.2) is 15.0 Å². The topological polar surface area (TPSA) is 43.4 Å². The average molecular weight is 392 g/mol. The number of benzene rings is 1. The van der Waals surface area contributed by atoms with Crippen LogP contribution in [0.2, 0.25) is 0 Å². The molecule has 0 N–H and O–H groups in total. The fourth-order valence-corrected chi connectivity index (χ4v) is 3.52. The second-order valence-corrected chi connectivity index (χ2v) is 7.28. The molecule has 7 heteroatoms. The molecule has 0 heterocycles. The van der Waals surface area contributed by atoms with Gasteiger partial charge in [-0.25, -0.2) is 8.42 Å². The zero-order chi connectivity index (χ0) is 12.3. The van der Waals surface area contributed by atoms with Crippen LogP contribution in [0.3, 0.4) is 0 Å². The lowest BCUT2D eigenvalue weighted by atomic mass is 10.3. The molecule has 0 saturated heterocycles. The van der Waals surface area contributed by atoms with E-state index in [1.54, 1.807) is 0 Å². The highest BCUT2D eigenvalue weighted by Crippen LogP contribution is 2.36. The van der Waals surface area contributed by atoms with Crippen LogP contribution in [-0.2, 0) is 9.05 Å². The molecular weight excluding hydrogens is 383 g/mol. The van der Waals surface area contributed by atoms with E-state index < -0.39 is 9.05 Å². The van der Waals surface area contributed by atoms with Gasteiger partial charge < -0.3 is 4.74 Å². The van der Waals surface area contributed by atoms with Crippen molar-refractivity contribution in [1.29, 1.82) is 0 Å². The molecule has 0 aliphatic heterocycles. The Balaban J connectivity index is 3.18. The minimum atomic E-state index is -3.73. The van der Waals surface area contributed by atoms with E-state index in [0.29, 0.717) is 21.3 Å². The lowest BCUT2D eigenvalue weighted by Crippen LogP contribution is -1.98. The zero-order valence-corrected chi connectivity index (χ0v) is 13.1. The van der Waals surface area contributed by atoms with Crippen LogP contribution in [0.25, 0.3) is 0 Å². The summed E-state index contributed by atoms with van der Waals surface area (Å²) >= 11 is 6.49. The van der Waals surface area contributed by atoms with Crippen LogP contribution in [0, 0.1) is 0 Å². The van der Waals surface area contributed by atoms with E-state index in [9.17, 15) is 8.42 Å². The van der Waals surface area contributed by atoms with Crippen molar-refractivity contribution < 1.29 is 13.2 Å². The first kappa shape index (κ1) is 14.3. The third kappa shape index (κ3) is 3.61. The van der Waals surface area contributed by atoms with Crippen LogP contribution in [0.4, 0.5) is 0 Å². The van der Waals surface area contributed by atoms with Crippen LogP contribution in [0.15, 0.2) is 26.0 Å². The highest BCUT2D eigenvalue weighted by Gasteiger charge is 2.16. The summed E-state index contributed by atoms with van der Waals surface area (Å²) < 4.78 is 28.8. The van der Waals surface area contributed by atoms with Crippen molar-refractivity contribution in [1.82, 2.24) is 0 Å². The van der Waals surface area contributed by atoms with E-state index in [0.717, 1.165) is 6.42 Å². The minimum Gasteiger partial charge on any atom is -0.491 e. The molecule has 0 aromatic heterocycles. The maximum atomic E-state index is 11.1. The van der Waals surface area contributed by atoms with Gasteiger partial charge in [0.2, 0.25) is 0 Å². The first-order valence-corrected chi connectivity index (χ1v) is 8.32. The van der Waals surface area contributed by atoms with Crippen molar-refractivity contribution in [3.05, 3.63) is 21.1 Å². The number of halogens is 3. The standard InChI is InChI=1S/C9H9Br2ClO3S/c1-2-3-15-9-7(10)4-6(5-8(9)11)16(12,13)14/h4-5H,2-3H2,1H3. The predicted octanol–water partition coefficient (Wildman–Crippen LogP) is 3.93. The summed E-state index contributed by atoms with van der Waals surface area (Å²) in [6.07, 6.45) is 0.869. The molecule has 0 fully saturated rings. The molecule has 0 aliphatic carbocycles. The summed E-state index contributed by atoms with van der Waals surface area (Å²) in [5, 5.41) is 0. The molecule has 0 bridgehead atoms. The fraction of sp³-hybridized carbons (Fsp3) is 0.333. The van der Waals surface area contributed by atoms with Gasteiger partial charge in [-0.05, 0) is 50.4 Å². The maximum Gasteiger partial charge on any atom is 0.261 e. The lowest BCUT2D eigenvalue weighted by Gasteiger charge is -2.10. The first-order valence-electron chi connectivity index (χ1n) is 4.42. The number of ether oxygens (including phenoxy) is 1. The summed E-state index contributed by atoms with van der Waals surface area (Å²) in [5.41, 5.74) is 0. The molecule has 3 nitrogen and oxygen atoms in total. The van der Waals surface area contributed by atoms with Gasteiger partial charge in [0.25, 0.3) is 9.05 Å². The van der Waals surface area contributed by atoms with Crippen molar-refractivity contribution in [3.8, 4) is 5.75 Å². The molecule has 90 valence electrons. The monoisotopic (exact) mass is 390 g/mol. The maximum absolute atomic E-state index is 11.1. The molecule has 0 unspecified atom stereocenters. The van der Waals surface area contributed by atoms with Crippen molar-refractivity contribution in [3.63, 3.8) is 0 Å². The summed E-state index contributed by atoms with van der Waals surface area (Å²) in [7, 11) is 1.52. The normalized spacial score (nSPS) is 11.5. The molecule has 0 amide bonds. The Bertz CT molecular complexity index is 465. The Kier molecular flexibility index (Phi) is 5.10. The largest absolute Gasteiger partial charge is 0.491 e. The van der Waals surface area contributed by atoms with Crippen molar-refractivity contribution in [2.24, 2.45) is 0 Å². The van der Waals surface area contributed by atoms with Gasteiger partial charge in [0.05, 0.1) is 20.4 Å². The van der Waals surface area contributed by atoms with Crippen molar-refractivity contribution in [2.45, 2.75) is 18.2 Å². The second kappa shape index (κ2) is 5.71. The molecule has 0 aliphatic rings. The Labute approximate surface area is 116 Å². The average Bonchev–Trinajstić information content (AvgIpc) is 2.15. The summed E-state index contributed by atoms with van der Waals surface area (Å²) in [6.45, 7) is 2.55. The van der Waals surface area contributed by atoms with E-state index in [1.807, 2.05) is 6.92 Å². The Morgan fingerprint density at radius 1 is 1.31 bits per heavy atom. The third-order valence-electron chi connectivity index (χ3n) is 1.70. The highest BCUT2D eigenvalue weighted by molar-refractivity contribution is 9.11. The van der Waals surface area contributed by atoms with Crippen molar-refractivity contribution >= 4 is 51.6 Å². The molecule has 0 atom stereocenters. The van der Waals surface area contributed by atoms with Crippen LogP contribution in [0.5, 0.6) is 5.75 Å². The fourth-order valence-electron chi connectivity index (χ4n) is 1.02. The van der Waals surface area contributed by atoms with E-state index in [-0.39, 0.29) is 4.90 Å².